The third-order valence-electron chi connectivity index (χ3n) is 4.94. The summed E-state index contributed by atoms with van der Waals surface area (Å²) in [5.41, 5.74) is 1.10. The van der Waals surface area contributed by atoms with Gasteiger partial charge < -0.3 is 9.84 Å². The van der Waals surface area contributed by atoms with Crippen molar-refractivity contribution in [2.45, 2.75) is 24.7 Å². The van der Waals surface area contributed by atoms with Gasteiger partial charge >= 0.3 is 0 Å². The molecule has 138 valence electrons. The topological polar surface area (TPSA) is 55.1 Å². The highest BCUT2D eigenvalue weighted by atomic mass is 19.1. The van der Waals surface area contributed by atoms with Crippen molar-refractivity contribution in [1.82, 2.24) is 10.5 Å². The second-order valence-corrected chi connectivity index (χ2v) is 6.77. The Hall–Kier alpha value is -3.02. The number of carbonyl (C=O) groups is 1. The molecular formula is C21H18F2N2O2. The maximum absolute atomic E-state index is 13.9. The van der Waals surface area contributed by atoms with E-state index in [-0.39, 0.29) is 11.7 Å². The molecule has 3 aromatic rings. The maximum atomic E-state index is 13.9. The van der Waals surface area contributed by atoms with Crippen molar-refractivity contribution in [3.8, 4) is 11.3 Å². The van der Waals surface area contributed by atoms with Crippen molar-refractivity contribution < 1.29 is 18.1 Å². The molecule has 1 fully saturated rings. The number of halogens is 2. The van der Waals surface area contributed by atoms with Crippen LogP contribution in [0.5, 0.6) is 0 Å². The molecule has 0 bridgehead atoms. The number of hydrogen-bond acceptors (Lipinski definition) is 3. The van der Waals surface area contributed by atoms with E-state index in [0.29, 0.717) is 42.8 Å². The summed E-state index contributed by atoms with van der Waals surface area (Å²) in [7, 11) is 0. The van der Waals surface area contributed by atoms with Gasteiger partial charge in [0.05, 0.1) is 16.7 Å². The van der Waals surface area contributed by atoms with Crippen LogP contribution in [0.3, 0.4) is 0 Å². The molecule has 2 aromatic carbocycles. The van der Waals surface area contributed by atoms with E-state index in [1.165, 1.54) is 18.2 Å². The van der Waals surface area contributed by atoms with Crippen molar-refractivity contribution in [3.63, 3.8) is 0 Å². The van der Waals surface area contributed by atoms with Crippen molar-refractivity contribution in [1.29, 1.82) is 0 Å². The molecule has 4 rings (SSSR count). The number of nitrogens with one attached hydrogen (secondary N) is 1. The van der Waals surface area contributed by atoms with E-state index in [0.717, 1.165) is 5.56 Å². The van der Waals surface area contributed by atoms with E-state index in [1.54, 1.807) is 36.4 Å². The summed E-state index contributed by atoms with van der Waals surface area (Å²) in [6, 6.07) is 14.1. The average Bonchev–Trinajstić information content (AvgIpc) is 3.34. The first-order chi connectivity index (χ1) is 13.1. The third-order valence-corrected chi connectivity index (χ3v) is 4.94. The Bertz CT molecular complexity index is 962. The second kappa shape index (κ2) is 6.95. The van der Waals surface area contributed by atoms with E-state index in [9.17, 15) is 13.6 Å². The Balaban J connectivity index is 1.42. The Kier molecular flexibility index (Phi) is 4.48. The molecule has 1 aliphatic rings. The minimum atomic E-state index is -0.699. The maximum Gasteiger partial charge on any atom is 0.232 e. The fourth-order valence-corrected chi connectivity index (χ4v) is 3.15. The van der Waals surface area contributed by atoms with Crippen molar-refractivity contribution in [2.75, 3.05) is 6.54 Å². The quantitative estimate of drug-likeness (QED) is 0.715. The van der Waals surface area contributed by atoms with Gasteiger partial charge in [-0.05, 0) is 49.1 Å². The van der Waals surface area contributed by atoms with Gasteiger partial charge in [-0.1, -0.05) is 29.4 Å². The van der Waals surface area contributed by atoms with Crippen LogP contribution in [-0.4, -0.2) is 17.6 Å². The highest BCUT2D eigenvalue weighted by molar-refractivity contribution is 5.91. The summed E-state index contributed by atoms with van der Waals surface area (Å²) in [5.74, 6) is -0.475. The molecule has 0 aliphatic heterocycles. The molecule has 27 heavy (non-hydrogen) atoms. The third kappa shape index (κ3) is 3.47. The summed E-state index contributed by atoms with van der Waals surface area (Å²) in [5, 5.41) is 6.94. The lowest BCUT2D eigenvalue weighted by Crippen LogP contribution is -2.36. The second-order valence-electron chi connectivity index (χ2n) is 6.77. The lowest BCUT2D eigenvalue weighted by molar-refractivity contribution is -0.123. The fourth-order valence-electron chi connectivity index (χ4n) is 3.15. The Labute approximate surface area is 155 Å². The summed E-state index contributed by atoms with van der Waals surface area (Å²) >= 11 is 0. The summed E-state index contributed by atoms with van der Waals surface area (Å²) in [4.78, 5) is 12.7. The van der Waals surface area contributed by atoms with Gasteiger partial charge in [0, 0.05) is 12.6 Å². The lowest BCUT2D eigenvalue weighted by atomic mass is 10.00. The number of aromatic nitrogens is 1. The number of amides is 1. The SMILES string of the molecule is O=C(NCCc1ccc(F)cc1)C1(c2cc(-c3ccccc3F)on2)CC1. The van der Waals surface area contributed by atoms with Crippen LogP contribution in [-0.2, 0) is 16.6 Å². The molecule has 1 aliphatic carbocycles. The molecule has 0 unspecified atom stereocenters. The largest absolute Gasteiger partial charge is 0.356 e. The van der Waals surface area contributed by atoms with Gasteiger partial charge in [-0.25, -0.2) is 8.78 Å². The van der Waals surface area contributed by atoms with Crippen LogP contribution in [0.4, 0.5) is 8.78 Å². The van der Waals surface area contributed by atoms with Gasteiger partial charge in [0.25, 0.3) is 0 Å². The molecular weight excluding hydrogens is 350 g/mol. The number of hydrogen-bond donors (Lipinski definition) is 1. The zero-order chi connectivity index (χ0) is 18.9. The summed E-state index contributed by atoms with van der Waals surface area (Å²) in [6.45, 7) is 0.449. The van der Waals surface area contributed by atoms with E-state index in [4.69, 9.17) is 4.52 Å². The first kappa shape index (κ1) is 17.4. The monoisotopic (exact) mass is 368 g/mol. The zero-order valence-corrected chi connectivity index (χ0v) is 14.5. The normalized spacial score (nSPS) is 14.7. The number of nitrogens with zero attached hydrogens (tertiary/aromatic N) is 1. The average molecular weight is 368 g/mol. The Morgan fingerprint density at radius 1 is 1.11 bits per heavy atom. The number of rotatable bonds is 6. The van der Waals surface area contributed by atoms with Crippen molar-refractivity contribution in [3.05, 3.63) is 77.5 Å². The van der Waals surface area contributed by atoms with Gasteiger partial charge in [0.1, 0.15) is 11.6 Å². The molecule has 0 spiro atoms. The van der Waals surface area contributed by atoms with Gasteiger partial charge in [0.2, 0.25) is 5.91 Å². The van der Waals surface area contributed by atoms with Crippen LogP contribution in [0.25, 0.3) is 11.3 Å². The van der Waals surface area contributed by atoms with E-state index >= 15 is 0 Å². The number of benzene rings is 2. The molecule has 1 saturated carbocycles. The van der Waals surface area contributed by atoms with Crippen molar-refractivity contribution in [2.24, 2.45) is 0 Å². The molecule has 1 N–H and O–H groups in total. The first-order valence-electron chi connectivity index (χ1n) is 8.83. The molecule has 0 atom stereocenters. The minimum absolute atomic E-state index is 0.113. The molecule has 4 nitrogen and oxygen atoms in total. The van der Waals surface area contributed by atoms with Gasteiger partial charge in [0.15, 0.2) is 5.76 Å². The zero-order valence-electron chi connectivity index (χ0n) is 14.5. The first-order valence-corrected chi connectivity index (χ1v) is 8.83. The van der Waals surface area contributed by atoms with E-state index in [2.05, 4.69) is 10.5 Å². The van der Waals surface area contributed by atoms with Crippen LogP contribution >= 0.6 is 0 Å². The molecule has 0 radical (unpaired) electrons. The number of carbonyl (C=O) groups excluding carboxylic acids is 1. The van der Waals surface area contributed by atoms with Crippen molar-refractivity contribution >= 4 is 5.91 Å². The van der Waals surface area contributed by atoms with Crippen LogP contribution in [0, 0.1) is 11.6 Å². The smallest absolute Gasteiger partial charge is 0.232 e. The molecule has 0 saturated heterocycles. The van der Waals surface area contributed by atoms with Crippen LogP contribution < -0.4 is 5.32 Å². The van der Waals surface area contributed by atoms with Crippen LogP contribution in [0.15, 0.2) is 59.1 Å². The Morgan fingerprint density at radius 3 is 2.56 bits per heavy atom. The predicted molar refractivity (Wildman–Crippen MR) is 95.9 cm³/mol. The molecule has 1 aromatic heterocycles. The highest BCUT2D eigenvalue weighted by Crippen LogP contribution is 2.48. The fraction of sp³-hybridized carbons (Fsp3) is 0.238. The molecule has 1 amide bonds. The highest BCUT2D eigenvalue weighted by Gasteiger charge is 2.53. The lowest BCUT2D eigenvalue weighted by Gasteiger charge is -2.12. The van der Waals surface area contributed by atoms with E-state index in [1.807, 2.05) is 0 Å². The molecule has 6 heteroatoms. The van der Waals surface area contributed by atoms with Gasteiger partial charge in [-0.2, -0.15) is 0 Å². The summed E-state index contributed by atoms with van der Waals surface area (Å²) in [6.07, 6.45) is 1.97. The Morgan fingerprint density at radius 2 is 1.85 bits per heavy atom. The molecule has 1 heterocycles. The van der Waals surface area contributed by atoms with Crippen LogP contribution in [0.2, 0.25) is 0 Å². The van der Waals surface area contributed by atoms with Gasteiger partial charge in [-0.3, -0.25) is 4.79 Å². The van der Waals surface area contributed by atoms with Crippen LogP contribution in [0.1, 0.15) is 24.1 Å². The predicted octanol–water partition coefficient (Wildman–Crippen LogP) is 4.01. The van der Waals surface area contributed by atoms with Gasteiger partial charge in [-0.15, -0.1) is 0 Å². The summed E-state index contributed by atoms with van der Waals surface area (Å²) < 4.78 is 32.1. The standard InChI is InChI=1S/C21H18F2N2O2/c22-15-7-5-14(6-8-15)9-12-24-20(26)21(10-11-21)19-13-18(27-25-19)16-3-1-2-4-17(16)23/h1-8,13H,9-12H2,(H,24,26). The van der Waals surface area contributed by atoms with E-state index < -0.39 is 11.2 Å². The minimum Gasteiger partial charge on any atom is -0.356 e.